The van der Waals surface area contributed by atoms with E-state index >= 15 is 0 Å². The monoisotopic (exact) mass is 315 g/mol. The van der Waals surface area contributed by atoms with E-state index in [9.17, 15) is 18.4 Å². The van der Waals surface area contributed by atoms with E-state index in [2.05, 4.69) is 4.74 Å². The zero-order chi connectivity index (χ0) is 15.4. The first-order valence-electron chi connectivity index (χ1n) is 6.48. The average molecular weight is 315 g/mol. The minimum absolute atomic E-state index is 0.00392. The number of methoxy groups -OCH3 is 1. The zero-order valence-corrected chi connectivity index (χ0v) is 12.3. The number of hydrogen-bond acceptors (Lipinski definition) is 4. The summed E-state index contributed by atoms with van der Waals surface area (Å²) < 4.78 is 30.9. The molecule has 1 atom stereocenters. The third-order valence-electron chi connectivity index (χ3n) is 3.29. The number of esters is 1. The molecule has 7 heteroatoms. The van der Waals surface area contributed by atoms with Crippen LogP contribution in [0.2, 0.25) is 0 Å². The summed E-state index contributed by atoms with van der Waals surface area (Å²) in [7, 11) is 1.28. The van der Waals surface area contributed by atoms with Crippen molar-refractivity contribution in [3.63, 3.8) is 0 Å². The van der Waals surface area contributed by atoms with Gasteiger partial charge in [-0.1, -0.05) is 0 Å². The second kappa shape index (κ2) is 6.89. The van der Waals surface area contributed by atoms with Gasteiger partial charge in [0.05, 0.1) is 12.9 Å². The summed E-state index contributed by atoms with van der Waals surface area (Å²) in [5.41, 5.74) is 0. The predicted octanol–water partition coefficient (Wildman–Crippen LogP) is 2.22. The van der Waals surface area contributed by atoms with E-state index in [1.54, 1.807) is 0 Å². The summed E-state index contributed by atoms with van der Waals surface area (Å²) in [5.74, 6) is -2.04. The molecule has 0 bridgehead atoms. The van der Waals surface area contributed by atoms with E-state index < -0.39 is 23.6 Å². The molecule has 1 aromatic rings. The molecular weight excluding hydrogens is 300 g/mol. The van der Waals surface area contributed by atoms with Gasteiger partial charge in [-0.15, -0.1) is 11.8 Å². The van der Waals surface area contributed by atoms with Crippen molar-refractivity contribution in [2.24, 2.45) is 0 Å². The summed E-state index contributed by atoms with van der Waals surface area (Å²) >= 11 is 0.987. The van der Waals surface area contributed by atoms with Crippen molar-refractivity contribution in [2.45, 2.75) is 23.8 Å². The zero-order valence-electron chi connectivity index (χ0n) is 11.5. The van der Waals surface area contributed by atoms with Crippen molar-refractivity contribution in [1.82, 2.24) is 4.90 Å². The van der Waals surface area contributed by atoms with Crippen LogP contribution in [0.5, 0.6) is 0 Å². The molecule has 2 rings (SSSR count). The first-order valence-corrected chi connectivity index (χ1v) is 7.46. The highest BCUT2D eigenvalue weighted by molar-refractivity contribution is 8.00. The van der Waals surface area contributed by atoms with Crippen molar-refractivity contribution in [3.05, 3.63) is 29.8 Å². The number of carbonyl (C=O) groups excluding carboxylic acids is 2. The van der Waals surface area contributed by atoms with Crippen LogP contribution >= 0.6 is 11.8 Å². The molecule has 1 saturated heterocycles. The number of benzene rings is 1. The van der Waals surface area contributed by atoms with E-state index in [1.165, 1.54) is 18.1 Å². The Morgan fingerprint density at radius 3 is 2.86 bits per heavy atom. The van der Waals surface area contributed by atoms with Gasteiger partial charge in [0.25, 0.3) is 0 Å². The molecule has 0 radical (unpaired) electrons. The molecule has 114 valence electrons. The van der Waals surface area contributed by atoms with Crippen LogP contribution in [-0.4, -0.2) is 42.2 Å². The molecule has 1 heterocycles. The molecule has 21 heavy (non-hydrogen) atoms. The number of ether oxygens (including phenoxy) is 1. The number of likely N-dealkylation sites (tertiary alicyclic amines) is 1. The lowest BCUT2D eigenvalue weighted by Crippen LogP contribution is -2.41. The summed E-state index contributed by atoms with van der Waals surface area (Å²) in [6.07, 6.45) is 1.31. The second-order valence-corrected chi connectivity index (χ2v) is 5.65. The number of rotatable bonds is 4. The molecule has 0 saturated carbocycles. The lowest BCUT2D eigenvalue weighted by atomic mass is 10.2. The molecule has 1 aromatic carbocycles. The molecule has 0 aromatic heterocycles. The number of nitrogens with zero attached hydrogens (tertiary/aromatic N) is 1. The highest BCUT2D eigenvalue weighted by Gasteiger charge is 2.34. The summed E-state index contributed by atoms with van der Waals surface area (Å²) in [4.78, 5) is 25.4. The van der Waals surface area contributed by atoms with Gasteiger partial charge in [-0.2, -0.15) is 0 Å². The number of carbonyl (C=O) groups is 2. The maximum absolute atomic E-state index is 13.5. The van der Waals surface area contributed by atoms with Gasteiger partial charge in [0, 0.05) is 17.5 Å². The van der Waals surface area contributed by atoms with Gasteiger partial charge in [0.15, 0.2) is 0 Å². The fourth-order valence-corrected chi connectivity index (χ4v) is 3.07. The van der Waals surface area contributed by atoms with Crippen LogP contribution in [0.15, 0.2) is 23.1 Å². The van der Waals surface area contributed by atoms with E-state index in [1.807, 2.05) is 0 Å². The van der Waals surface area contributed by atoms with Crippen LogP contribution in [0.3, 0.4) is 0 Å². The van der Waals surface area contributed by atoms with Crippen molar-refractivity contribution in [1.29, 1.82) is 0 Å². The van der Waals surface area contributed by atoms with Gasteiger partial charge in [-0.25, -0.2) is 13.6 Å². The quantitative estimate of drug-likeness (QED) is 0.631. The van der Waals surface area contributed by atoms with E-state index in [0.717, 1.165) is 30.3 Å². The third kappa shape index (κ3) is 3.72. The molecule has 1 aliphatic rings. The predicted molar refractivity (Wildman–Crippen MR) is 73.8 cm³/mol. The van der Waals surface area contributed by atoms with Gasteiger partial charge < -0.3 is 9.64 Å². The Balaban J connectivity index is 1.96. The van der Waals surface area contributed by atoms with Gasteiger partial charge in [0.1, 0.15) is 17.7 Å². The van der Waals surface area contributed by atoms with Gasteiger partial charge in [0.2, 0.25) is 5.91 Å². The first-order chi connectivity index (χ1) is 10.0. The average Bonchev–Trinajstić information content (AvgIpc) is 2.94. The molecule has 1 fully saturated rings. The Morgan fingerprint density at radius 2 is 2.19 bits per heavy atom. The molecule has 0 spiro atoms. The molecule has 0 N–H and O–H groups in total. The van der Waals surface area contributed by atoms with E-state index in [0.29, 0.717) is 13.0 Å². The number of halogens is 2. The standard InChI is InChI=1S/C14H15F2NO3S/c1-20-14(19)11-3-2-6-17(11)13(18)8-21-12-5-4-9(15)7-10(12)16/h4-5,7,11H,2-3,6,8H2,1H3. The van der Waals surface area contributed by atoms with Crippen molar-refractivity contribution in [2.75, 3.05) is 19.4 Å². The second-order valence-electron chi connectivity index (χ2n) is 4.63. The minimum atomic E-state index is -0.696. The Labute approximate surface area is 125 Å². The van der Waals surface area contributed by atoms with E-state index in [-0.39, 0.29) is 16.6 Å². The first kappa shape index (κ1) is 15.8. The van der Waals surface area contributed by atoms with Crippen LogP contribution in [0, 0.1) is 11.6 Å². The Bertz CT molecular complexity index is 553. The van der Waals surface area contributed by atoms with Crippen molar-refractivity contribution >= 4 is 23.6 Å². The maximum atomic E-state index is 13.5. The fourth-order valence-electron chi connectivity index (χ4n) is 2.26. The van der Waals surface area contributed by atoms with Gasteiger partial charge in [-0.3, -0.25) is 4.79 Å². The summed E-state index contributed by atoms with van der Waals surface area (Å²) in [5, 5.41) is 0. The van der Waals surface area contributed by atoms with Crippen LogP contribution in [-0.2, 0) is 14.3 Å². The van der Waals surface area contributed by atoms with Crippen molar-refractivity contribution in [3.8, 4) is 0 Å². The molecule has 1 amide bonds. The highest BCUT2D eigenvalue weighted by Crippen LogP contribution is 2.25. The molecule has 0 aliphatic carbocycles. The van der Waals surface area contributed by atoms with Crippen LogP contribution in [0.4, 0.5) is 8.78 Å². The van der Waals surface area contributed by atoms with Gasteiger partial charge in [-0.05, 0) is 25.0 Å². The lowest BCUT2D eigenvalue weighted by Gasteiger charge is -2.22. The fraction of sp³-hybridized carbons (Fsp3) is 0.429. The normalized spacial score (nSPS) is 17.9. The summed E-state index contributed by atoms with van der Waals surface area (Å²) in [6, 6.07) is 2.66. The number of thioether (sulfide) groups is 1. The number of hydrogen-bond donors (Lipinski definition) is 0. The molecular formula is C14H15F2NO3S. The van der Waals surface area contributed by atoms with Crippen LogP contribution < -0.4 is 0 Å². The Kier molecular flexibility index (Phi) is 5.17. The molecule has 1 aliphatic heterocycles. The van der Waals surface area contributed by atoms with Gasteiger partial charge >= 0.3 is 5.97 Å². The minimum Gasteiger partial charge on any atom is -0.467 e. The largest absolute Gasteiger partial charge is 0.467 e. The highest BCUT2D eigenvalue weighted by atomic mass is 32.2. The molecule has 4 nitrogen and oxygen atoms in total. The van der Waals surface area contributed by atoms with Crippen molar-refractivity contribution < 1.29 is 23.1 Å². The number of amides is 1. The lowest BCUT2D eigenvalue weighted by molar-refractivity contribution is -0.150. The maximum Gasteiger partial charge on any atom is 0.328 e. The topological polar surface area (TPSA) is 46.6 Å². The van der Waals surface area contributed by atoms with Crippen LogP contribution in [0.1, 0.15) is 12.8 Å². The third-order valence-corrected chi connectivity index (χ3v) is 4.32. The SMILES string of the molecule is COC(=O)C1CCCN1C(=O)CSc1ccc(F)cc1F. The Hall–Kier alpha value is -1.63. The van der Waals surface area contributed by atoms with E-state index in [4.69, 9.17) is 0 Å². The smallest absolute Gasteiger partial charge is 0.328 e. The summed E-state index contributed by atoms with van der Waals surface area (Å²) in [6.45, 7) is 0.491. The molecule has 1 unspecified atom stereocenters. The Morgan fingerprint density at radius 1 is 1.43 bits per heavy atom. The van der Waals surface area contributed by atoms with Crippen LogP contribution in [0.25, 0.3) is 0 Å².